The van der Waals surface area contributed by atoms with Crippen LogP contribution in [0.4, 0.5) is 5.69 Å². The maximum Gasteiger partial charge on any atom is 0.225 e. The van der Waals surface area contributed by atoms with Gasteiger partial charge in [-0.25, -0.2) is 8.42 Å². The van der Waals surface area contributed by atoms with Gasteiger partial charge in [-0.15, -0.1) is 0 Å². The average molecular weight is 387 g/mol. The molecule has 1 N–H and O–H groups in total. The van der Waals surface area contributed by atoms with Crippen molar-refractivity contribution in [2.45, 2.75) is 57.9 Å². The van der Waals surface area contributed by atoms with Crippen molar-refractivity contribution >= 4 is 33.2 Å². The van der Waals surface area contributed by atoms with Gasteiger partial charge in [-0.2, -0.15) is 4.31 Å². The Labute approximate surface area is 155 Å². The lowest BCUT2D eigenvalue weighted by atomic mass is 10.1. The first-order valence-corrected chi connectivity index (χ1v) is 11.0. The summed E-state index contributed by atoms with van der Waals surface area (Å²) in [6.07, 6.45) is 7.52. The predicted octanol–water partition coefficient (Wildman–Crippen LogP) is 3.96. The summed E-state index contributed by atoms with van der Waals surface area (Å²) in [7, 11) is -3.33. The minimum Gasteiger partial charge on any atom is -0.326 e. The van der Waals surface area contributed by atoms with E-state index < -0.39 is 10.0 Å². The number of hydrogen-bond donors (Lipinski definition) is 1. The van der Waals surface area contributed by atoms with Gasteiger partial charge in [-0.1, -0.05) is 43.4 Å². The first-order valence-electron chi connectivity index (χ1n) is 8.80. The standard InChI is InChI=1S/C18H27ClN2O3S/c1-14-9-10-15(19)13-17(14)20-18(22)11-12-21(25(2,23)24)16-7-5-3-4-6-8-16/h9-10,13,16H,3-8,11-12H2,1-2H3,(H,20,22). The van der Waals surface area contributed by atoms with Gasteiger partial charge in [0, 0.05) is 29.7 Å². The molecule has 1 saturated carbocycles. The van der Waals surface area contributed by atoms with Crippen molar-refractivity contribution in [3.8, 4) is 0 Å². The largest absolute Gasteiger partial charge is 0.326 e. The van der Waals surface area contributed by atoms with Gasteiger partial charge in [0.05, 0.1) is 6.26 Å². The minimum atomic E-state index is -3.33. The van der Waals surface area contributed by atoms with Crippen molar-refractivity contribution in [2.75, 3.05) is 18.1 Å². The maximum absolute atomic E-state index is 12.3. The number of benzene rings is 1. The number of hydrogen-bond acceptors (Lipinski definition) is 3. The van der Waals surface area contributed by atoms with Gasteiger partial charge in [-0.3, -0.25) is 4.79 Å². The summed E-state index contributed by atoms with van der Waals surface area (Å²) in [6, 6.07) is 5.32. The molecule has 0 aromatic heterocycles. The van der Waals surface area contributed by atoms with E-state index in [1.807, 2.05) is 13.0 Å². The molecule has 0 spiro atoms. The van der Waals surface area contributed by atoms with Gasteiger partial charge in [0.1, 0.15) is 0 Å². The molecule has 0 atom stereocenters. The molecular weight excluding hydrogens is 360 g/mol. The maximum atomic E-state index is 12.3. The number of nitrogens with zero attached hydrogens (tertiary/aromatic N) is 1. The Morgan fingerprint density at radius 3 is 2.48 bits per heavy atom. The Morgan fingerprint density at radius 2 is 1.88 bits per heavy atom. The van der Waals surface area contributed by atoms with Crippen molar-refractivity contribution in [1.82, 2.24) is 4.31 Å². The topological polar surface area (TPSA) is 66.5 Å². The van der Waals surface area contributed by atoms with E-state index in [0.717, 1.165) is 44.1 Å². The molecule has 140 valence electrons. The number of amides is 1. The van der Waals surface area contributed by atoms with Gasteiger partial charge in [0.2, 0.25) is 15.9 Å². The van der Waals surface area contributed by atoms with E-state index in [9.17, 15) is 13.2 Å². The Hall–Kier alpha value is -1.11. The zero-order valence-corrected chi connectivity index (χ0v) is 16.5. The van der Waals surface area contributed by atoms with Crippen LogP contribution in [0.2, 0.25) is 5.02 Å². The molecule has 1 aromatic carbocycles. The van der Waals surface area contributed by atoms with Crippen LogP contribution in [0.15, 0.2) is 18.2 Å². The van der Waals surface area contributed by atoms with Crippen LogP contribution in [0.1, 0.15) is 50.5 Å². The number of anilines is 1. The highest BCUT2D eigenvalue weighted by Gasteiger charge is 2.27. The van der Waals surface area contributed by atoms with Crippen molar-refractivity contribution in [3.63, 3.8) is 0 Å². The number of carbonyl (C=O) groups excluding carboxylic acids is 1. The summed E-state index contributed by atoms with van der Waals surface area (Å²) >= 11 is 5.97. The van der Waals surface area contributed by atoms with E-state index in [-0.39, 0.29) is 24.9 Å². The summed E-state index contributed by atoms with van der Waals surface area (Å²) in [5.74, 6) is -0.201. The number of nitrogens with one attached hydrogen (secondary N) is 1. The fraction of sp³-hybridized carbons (Fsp3) is 0.611. The average Bonchev–Trinajstić information content (AvgIpc) is 2.79. The van der Waals surface area contributed by atoms with Gasteiger partial charge in [0.15, 0.2) is 0 Å². The van der Waals surface area contributed by atoms with Crippen LogP contribution < -0.4 is 5.32 Å². The van der Waals surface area contributed by atoms with Gasteiger partial charge < -0.3 is 5.32 Å². The third kappa shape index (κ3) is 6.28. The highest BCUT2D eigenvalue weighted by atomic mass is 35.5. The van der Waals surface area contributed by atoms with Crippen LogP contribution in [0.5, 0.6) is 0 Å². The lowest BCUT2D eigenvalue weighted by Gasteiger charge is -2.28. The smallest absolute Gasteiger partial charge is 0.225 e. The summed E-state index contributed by atoms with van der Waals surface area (Å²) in [5, 5.41) is 3.38. The molecule has 0 unspecified atom stereocenters. The summed E-state index contributed by atoms with van der Waals surface area (Å²) in [4.78, 5) is 12.3. The van der Waals surface area contributed by atoms with Gasteiger partial charge >= 0.3 is 0 Å². The molecular formula is C18H27ClN2O3S. The van der Waals surface area contributed by atoms with E-state index in [1.54, 1.807) is 12.1 Å². The van der Waals surface area contributed by atoms with Crippen LogP contribution in [0.25, 0.3) is 0 Å². The molecule has 2 rings (SSSR count). The number of halogens is 1. The molecule has 1 fully saturated rings. The monoisotopic (exact) mass is 386 g/mol. The first-order chi connectivity index (χ1) is 11.8. The zero-order chi connectivity index (χ0) is 18.4. The molecule has 1 aliphatic rings. The Kier molecular flexibility index (Phi) is 7.28. The molecule has 1 aromatic rings. The predicted molar refractivity (Wildman–Crippen MR) is 102 cm³/mol. The second-order valence-corrected chi connectivity index (χ2v) is 9.15. The quantitative estimate of drug-likeness (QED) is 0.752. The number of carbonyl (C=O) groups is 1. The molecule has 7 heteroatoms. The van der Waals surface area contributed by atoms with Gasteiger partial charge in [-0.05, 0) is 37.5 Å². The fourth-order valence-electron chi connectivity index (χ4n) is 3.32. The SMILES string of the molecule is Cc1ccc(Cl)cc1NC(=O)CCN(C1CCCCCC1)S(C)(=O)=O. The van der Waals surface area contributed by atoms with Crippen molar-refractivity contribution < 1.29 is 13.2 Å². The first kappa shape index (κ1) is 20.2. The Morgan fingerprint density at radius 1 is 1.24 bits per heavy atom. The summed E-state index contributed by atoms with van der Waals surface area (Å²) < 4.78 is 25.9. The molecule has 0 radical (unpaired) electrons. The zero-order valence-electron chi connectivity index (χ0n) is 14.9. The van der Waals surface area contributed by atoms with Crippen LogP contribution in [-0.4, -0.2) is 37.5 Å². The van der Waals surface area contributed by atoms with Gasteiger partial charge in [0.25, 0.3) is 0 Å². The summed E-state index contributed by atoms with van der Waals surface area (Å²) in [6.45, 7) is 2.11. The highest BCUT2D eigenvalue weighted by molar-refractivity contribution is 7.88. The van der Waals surface area contributed by atoms with Crippen molar-refractivity contribution in [3.05, 3.63) is 28.8 Å². The molecule has 0 bridgehead atoms. The Bertz CT molecular complexity index is 698. The van der Waals surface area contributed by atoms with E-state index in [0.29, 0.717) is 10.7 Å². The van der Waals surface area contributed by atoms with E-state index in [4.69, 9.17) is 11.6 Å². The highest BCUT2D eigenvalue weighted by Crippen LogP contribution is 2.24. The molecule has 25 heavy (non-hydrogen) atoms. The van der Waals surface area contributed by atoms with E-state index >= 15 is 0 Å². The molecule has 0 saturated heterocycles. The number of sulfonamides is 1. The molecule has 0 aliphatic heterocycles. The third-order valence-electron chi connectivity index (χ3n) is 4.69. The van der Waals surface area contributed by atoms with Crippen LogP contribution in [-0.2, 0) is 14.8 Å². The lowest BCUT2D eigenvalue weighted by molar-refractivity contribution is -0.116. The van der Waals surface area contributed by atoms with Crippen LogP contribution >= 0.6 is 11.6 Å². The van der Waals surface area contributed by atoms with Crippen molar-refractivity contribution in [2.24, 2.45) is 0 Å². The van der Waals surface area contributed by atoms with E-state index in [1.165, 1.54) is 10.6 Å². The summed E-state index contributed by atoms with van der Waals surface area (Å²) in [5.41, 5.74) is 1.58. The van der Waals surface area contributed by atoms with Crippen LogP contribution in [0, 0.1) is 6.92 Å². The molecule has 1 amide bonds. The number of aryl methyl sites for hydroxylation is 1. The molecule has 0 heterocycles. The molecule has 5 nitrogen and oxygen atoms in total. The second-order valence-electron chi connectivity index (χ2n) is 6.78. The minimum absolute atomic E-state index is 0.0122. The second kappa shape index (κ2) is 9.01. The molecule has 1 aliphatic carbocycles. The van der Waals surface area contributed by atoms with E-state index in [2.05, 4.69) is 5.32 Å². The lowest BCUT2D eigenvalue weighted by Crippen LogP contribution is -2.41. The van der Waals surface area contributed by atoms with Crippen LogP contribution in [0.3, 0.4) is 0 Å². The number of rotatable bonds is 6. The normalized spacial score (nSPS) is 16.6. The van der Waals surface area contributed by atoms with Crippen molar-refractivity contribution in [1.29, 1.82) is 0 Å². The Balaban J connectivity index is 1.99. The fourth-order valence-corrected chi connectivity index (χ4v) is 4.67. The third-order valence-corrected chi connectivity index (χ3v) is 6.26.